The van der Waals surface area contributed by atoms with Crippen molar-refractivity contribution in [3.05, 3.63) is 24.4 Å². The van der Waals surface area contributed by atoms with Crippen molar-refractivity contribution < 1.29 is 18.0 Å². The molecule has 0 radical (unpaired) electrons. The van der Waals surface area contributed by atoms with Crippen molar-refractivity contribution in [2.75, 3.05) is 30.3 Å². The predicted molar refractivity (Wildman–Crippen MR) is 80.7 cm³/mol. The molecule has 1 aliphatic rings. The number of alkyl halides is 3. The molecule has 2 heterocycles. The van der Waals surface area contributed by atoms with Crippen LogP contribution in [0.25, 0.3) is 0 Å². The van der Waals surface area contributed by atoms with Gasteiger partial charge in [-0.25, -0.2) is 4.98 Å². The summed E-state index contributed by atoms with van der Waals surface area (Å²) in [7, 11) is 0. The Labute approximate surface area is 131 Å². The Balaban J connectivity index is 1.78. The first-order valence-corrected chi connectivity index (χ1v) is 8.08. The highest BCUT2D eigenvalue weighted by atomic mass is 32.2. The molecule has 1 unspecified atom stereocenters. The number of carbonyl (C=O) groups excluding carboxylic acids is 1. The number of halogens is 3. The number of pyridine rings is 1. The van der Waals surface area contributed by atoms with Crippen molar-refractivity contribution in [3.8, 4) is 0 Å². The number of nitrogens with one attached hydrogen (secondary N) is 1. The first-order valence-electron chi connectivity index (χ1n) is 7.10. The molecule has 0 saturated carbocycles. The van der Waals surface area contributed by atoms with Gasteiger partial charge in [0.25, 0.3) is 0 Å². The highest BCUT2D eigenvalue weighted by Gasteiger charge is 2.29. The average Bonchev–Trinajstić information content (AvgIpc) is 2.51. The molecule has 1 aliphatic heterocycles. The van der Waals surface area contributed by atoms with Gasteiger partial charge in [-0.15, -0.1) is 0 Å². The summed E-state index contributed by atoms with van der Waals surface area (Å²) in [5.74, 6) is 0.286. The van der Waals surface area contributed by atoms with Crippen molar-refractivity contribution in [2.45, 2.75) is 18.3 Å². The van der Waals surface area contributed by atoms with Gasteiger partial charge < -0.3 is 10.2 Å². The first-order chi connectivity index (χ1) is 10.5. The summed E-state index contributed by atoms with van der Waals surface area (Å²) < 4.78 is 36.0. The molecular weight excluding hydrogens is 315 g/mol. The Morgan fingerprint density at radius 2 is 2.27 bits per heavy atom. The van der Waals surface area contributed by atoms with Crippen LogP contribution < -0.4 is 10.2 Å². The van der Waals surface area contributed by atoms with Gasteiger partial charge in [0.05, 0.1) is 5.92 Å². The summed E-state index contributed by atoms with van der Waals surface area (Å²) in [6.45, 7) is 1.42. The van der Waals surface area contributed by atoms with Crippen LogP contribution in [0.3, 0.4) is 0 Å². The molecule has 1 aromatic rings. The molecule has 1 amide bonds. The molecule has 0 spiro atoms. The highest BCUT2D eigenvalue weighted by Crippen LogP contribution is 2.29. The molecule has 8 heteroatoms. The third kappa shape index (κ3) is 5.40. The number of aromatic nitrogens is 1. The van der Waals surface area contributed by atoms with Gasteiger partial charge in [-0.2, -0.15) is 13.2 Å². The van der Waals surface area contributed by atoms with Crippen molar-refractivity contribution in [1.82, 2.24) is 10.3 Å². The molecule has 22 heavy (non-hydrogen) atoms. The van der Waals surface area contributed by atoms with E-state index in [4.69, 9.17) is 0 Å². The maximum Gasteiger partial charge on any atom is 0.441 e. The van der Waals surface area contributed by atoms with Gasteiger partial charge in [-0.3, -0.25) is 4.79 Å². The van der Waals surface area contributed by atoms with E-state index in [1.54, 1.807) is 6.20 Å². The van der Waals surface area contributed by atoms with Crippen LogP contribution in [-0.2, 0) is 4.79 Å². The molecule has 0 aromatic carbocycles. The molecular formula is C14H18F3N3OS. The lowest BCUT2D eigenvalue weighted by molar-refractivity contribution is -0.125. The summed E-state index contributed by atoms with van der Waals surface area (Å²) in [5.41, 5.74) is -4.24. The Bertz CT molecular complexity index is 484. The van der Waals surface area contributed by atoms with Gasteiger partial charge in [-0.05, 0) is 36.7 Å². The quantitative estimate of drug-likeness (QED) is 0.842. The van der Waals surface area contributed by atoms with Crippen LogP contribution in [0.5, 0.6) is 0 Å². The standard InChI is InChI=1S/C14H18F3N3OS/c15-14(16,17)22-9-7-19-13(21)11-4-3-8-20(10-11)12-5-1-2-6-18-12/h1-2,5-6,11H,3-4,7-10H2,(H,19,21). The maximum absolute atomic E-state index is 12.1. The lowest BCUT2D eigenvalue weighted by Crippen LogP contribution is -2.43. The van der Waals surface area contributed by atoms with Gasteiger partial charge in [0.2, 0.25) is 5.91 Å². The lowest BCUT2D eigenvalue weighted by Gasteiger charge is -2.32. The number of carbonyl (C=O) groups is 1. The minimum absolute atomic E-state index is 0.0309. The van der Waals surface area contributed by atoms with E-state index in [-0.39, 0.29) is 35.9 Å². The van der Waals surface area contributed by atoms with Crippen LogP contribution in [0, 0.1) is 5.92 Å². The summed E-state index contributed by atoms with van der Waals surface area (Å²) in [5, 5.41) is 2.59. The fourth-order valence-corrected chi connectivity index (χ4v) is 2.86. The summed E-state index contributed by atoms with van der Waals surface area (Å²) in [4.78, 5) is 18.4. The first kappa shape index (κ1) is 16.9. The topological polar surface area (TPSA) is 45.2 Å². The number of rotatable bonds is 5. The normalized spacial score (nSPS) is 19.0. The van der Waals surface area contributed by atoms with E-state index in [9.17, 15) is 18.0 Å². The van der Waals surface area contributed by atoms with E-state index in [1.165, 1.54) is 0 Å². The van der Waals surface area contributed by atoms with Gasteiger partial charge in [0.1, 0.15) is 5.82 Å². The van der Waals surface area contributed by atoms with Crippen molar-refractivity contribution in [1.29, 1.82) is 0 Å². The largest absolute Gasteiger partial charge is 0.441 e. The van der Waals surface area contributed by atoms with E-state index >= 15 is 0 Å². The monoisotopic (exact) mass is 333 g/mol. The van der Waals surface area contributed by atoms with Crippen LogP contribution in [0.2, 0.25) is 0 Å². The Morgan fingerprint density at radius 1 is 1.45 bits per heavy atom. The molecule has 1 fully saturated rings. The second-order valence-corrected chi connectivity index (χ2v) is 6.22. The number of anilines is 1. The van der Waals surface area contributed by atoms with Crippen LogP contribution in [0.4, 0.5) is 19.0 Å². The summed E-state index contributed by atoms with van der Waals surface area (Å²) in [6, 6.07) is 5.61. The predicted octanol–water partition coefficient (Wildman–Crippen LogP) is 2.67. The van der Waals surface area contributed by atoms with Gasteiger partial charge in [-0.1, -0.05) is 6.07 Å². The zero-order chi connectivity index (χ0) is 16.0. The third-order valence-corrected chi connectivity index (χ3v) is 4.17. The Hall–Kier alpha value is -1.44. The number of nitrogens with zero attached hydrogens (tertiary/aromatic N) is 2. The molecule has 1 aromatic heterocycles. The third-order valence-electron chi connectivity index (χ3n) is 3.43. The van der Waals surface area contributed by atoms with Crippen molar-refractivity contribution >= 4 is 23.5 Å². The van der Waals surface area contributed by atoms with E-state index in [2.05, 4.69) is 10.3 Å². The van der Waals surface area contributed by atoms with Crippen LogP contribution in [0.1, 0.15) is 12.8 Å². The molecule has 0 aliphatic carbocycles. The van der Waals surface area contributed by atoms with E-state index in [0.717, 1.165) is 25.2 Å². The number of hydrogen-bond donors (Lipinski definition) is 1. The fourth-order valence-electron chi connectivity index (χ4n) is 2.43. The zero-order valence-corrected chi connectivity index (χ0v) is 12.8. The molecule has 1 atom stereocenters. The van der Waals surface area contributed by atoms with Gasteiger partial charge in [0.15, 0.2) is 0 Å². The summed E-state index contributed by atoms with van der Waals surface area (Å²) >= 11 is -0.116. The van der Waals surface area contributed by atoms with E-state index in [0.29, 0.717) is 6.54 Å². The molecule has 1 N–H and O–H groups in total. The van der Waals surface area contributed by atoms with E-state index in [1.807, 2.05) is 23.1 Å². The number of piperidine rings is 1. The molecule has 2 rings (SSSR count). The Kier molecular flexibility index (Phi) is 5.93. The van der Waals surface area contributed by atoms with Crippen molar-refractivity contribution in [2.24, 2.45) is 5.92 Å². The Morgan fingerprint density at radius 3 is 2.95 bits per heavy atom. The second kappa shape index (κ2) is 7.71. The SMILES string of the molecule is O=C(NCCSC(F)(F)F)C1CCCN(c2ccccn2)C1. The van der Waals surface area contributed by atoms with Crippen molar-refractivity contribution in [3.63, 3.8) is 0 Å². The molecule has 1 saturated heterocycles. The van der Waals surface area contributed by atoms with E-state index < -0.39 is 5.51 Å². The fraction of sp³-hybridized carbons (Fsp3) is 0.571. The second-order valence-electron chi connectivity index (χ2n) is 5.06. The van der Waals surface area contributed by atoms with Gasteiger partial charge >= 0.3 is 5.51 Å². The van der Waals surface area contributed by atoms with Crippen LogP contribution in [0.15, 0.2) is 24.4 Å². The molecule has 0 bridgehead atoms. The van der Waals surface area contributed by atoms with Crippen LogP contribution in [-0.4, -0.2) is 41.8 Å². The average molecular weight is 333 g/mol. The lowest BCUT2D eigenvalue weighted by atomic mass is 9.97. The minimum atomic E-state index is -4.24. The summed E-state index contributed by atoms with van der Waals surface area (Å²) in [6.07, 6.45) is 3.32. The minimum Gasteiger partial charge on any atom is -0.356 e. The molecule has 122 valence electrons. The zero-order valence-electron chi connectivity index (χ0n) is 12.0. The smallest absolute Gasteiger partial charge is 0.356 e. The highest BCUT2D eigenvalue weighted by molar-refractivity contribution is 8.00. The maximum atomic E-state index is 12.1. The number of hydrogen-bond acceptors (Lipinski definition) is 4. The number of thioether (sulfide) groups is 1. The van der Waals surface area contributed by atoms with Gasteiger partial charge in [0, 0.05) is 31.6 Å². The number of amides is 1. The molecule has 4 nitrogen and oxygen atoms in total. The van der Waals surface area contributed by atoms with Crippen LogP contribution >= 0.6 is 11.8 Å².